The maximum atomic E-state index is 11.8. The van der Waals surface area contributed by atoms with Crippen LogP contribution in [0.5, 0.6) is 0 Å². The monoisotopic (exact) mass is 362 g/mol. The number of carbonyl (C=O) groups excluding carboxylic acids is 1. The van der Waals surface area contributed by atoms with Crippen molar-refractivity contribution in [3.8, 4) is 17.2 Å². The quantitative estimate of drug-likeness (QED) is 0.389. The Morgan fingerprint density at radius 3 is 2.64 bits per heavy atom. The summed E-state index contributed by atoms with van der Waals surface area (Å²) in [5, 5.41) is 21.9. The predicted octanol–water partition coefficient (Wildman–Crippen LogP) is 1.55. The maximum absolute atomic E-state index is 11.8. The first-order chi connectivity index (χ1) is 11.9. The van der Waals surface area contributed by atoms with Crippen LogP contribution in [0.1, 0.15) is 18.9 Å². The topological polar surface area (TPSA) is 128 Å². The molecule has 0 spiro atoms. The molecule has 2 unspecified atom stereocenters. The van der Waals surface area contributed by atoms with E-state index in [1.165, 1.54) is 6.92 Å². The number of nitrogens with one attached hydrogen (secondary N) is 1. The number of aryl methyl sites for hydroxylation is 1. The number of hydrogen-bond donors (Lipinski definition) is 3. The van der Waals surface area contributed by atoms with Gasteiger partial charge in [-0.2, -0.15) is 10.4 Å². The Kier molecular flexibility index (Phi) is 6.03. The summed E-state index contributed by atoms with van der Waals surface area (Å²) in [7, 11) is 0. The predicted molar refractivity (Wildman–Crippen MR) is 90.7 cm³/mol. The molecule has 0 saturated heterocycles. The summed E-state index contributed by atoms with van der Waals surface area (Å²) in [6, 6.07) is 9.12. The Hall–Kier alpha value is -2.54. The largest absolute Gasteiger partial charge is 0.306 e. The van der Waals surface area contributed by atoms with Crippen LogP contribution in [0.15, 0.2) is 36.7 Å². The SMILES string of the molecule is CC(CCn1cc(-c2ccc(C#N)cc2)cn1)(CS(=O)O)C(=O)NO. The van der Waals surface area contributed by atoms with Crippen LogP contribution in [0.3, 0.4) is 0 Å². The van der Waals surface area contributed by atoms with E-state index in [2.05, 4.69) is 11.2 Å². The van der Waals surface area contributed by atoms with Crippen molar-refractivity contribution in [1.82, 2.24) is 15.3 Å². The first-order valence-electron chi connectivity index (χ1n) is 7.43. The van der Waals surface area contributed by atoms with Crippen molar-refractivity contribution in [3.05, 3.63) is 42.2 Å². The van der Waals surface area contributed by atoms with Gasteiger partial charge in [0.15, 0.2) is 11.1 Å². The zero-order valence-electron chi connectivity index (χ0n) is 13.5. The van der Waals surface area contributed by atoms with Crippen LogP contribution in [0, 0.1) is 16.7 Å². The summed E-state index contributed by atoms with van der Waals surface area (Å²) in [6.45, 7) is 1.84. The number of nitrogens with zero attached hydrogens (tertiary/aromatic N) is 3. The maximum Gasteiger partial charge on any atom is 0.250 e. The van der Waals surface area contributed by atoms with Crippen LogP contribution in [0.4, 0.5) is 0 Å². The van der Waals surface area contributed by atoms with E-state index in [4.69, 9.17) is 15.0 Å². The second kappa shape index (κ2) is 8.02. The molecule has 9 heteroatoms. The van der Waals surface area contributed by atoms with Crippen molar-refractivity contribution in [2.75, 3.05) is 5.75 Å². The molecule has 1 aromatic heterocycles. The van der Waals surface area contributed by atoms with Gasteiger partial charge >= 0.3 is 0 Å². The first kappa shape index (κ1) is 18.8. The lowest BCUT2D eigenvalue weighted by atomic mass is 9.88. The number of hydroxylamine groups is 1. The third-order valence-corrected chi connectivity index (χ3v) is 4.85. The van der Waals surface area contributed by atoms with Crippen molar-refractivity contribution in [2.24, 2.45) is 5.41 Å². The van der Waals surface area contributed by atoms with E-state index < -0.39 is 22.4 Å². The van der Waals surface area contributed by atoms with Gasteiger partial charge in [-0.1, -0.05) is 12.1 Å². The minimum absolute atomic E-state index is 0.222. The van der Waals surface area contributed by atoms with Gasteiger partial charge in [-0.3, -0.25) is 14.7 Å². The van der Waals surface area contributed by atoms with Gasteiger partial charge in [0.2, 0.25) is 5.91 Å². The second-order valence-corrected chi connectivity index (χ2v) is 6.83. The normalized spacial score (nSPS) is 14.3. The molecule has 8 nitrogen and oxygen atoms in total. The Morgan fingerprint density at radius 2 is 2.08 bits per heavy atom. The summed E-state index contributed by atoms with van der Waals surface area (Å²) in [6.07, 6.45) is 3.67. The molecule has 0 aliphatic carbocycles. The molecule has 0 saturated carbocycles. The molecular formula is C16H18N4O4S. The Bertz CT molecular complexity index is 812. The number of rotatable bonds is 7. The third kappa shape index (κ3) is 4.73. The minimum atomic E-state index is -2.17. The average molecular weight is 362 g/mol. The van der Waals surface area contributed by atoms with E-state index in [1.807, 2.05) is 12.1 Å². The number of aromatic nitrogens is 2. The molecule has 3 N–H and O–H groups in total. The van der Waals surface area contributed by atoms with Crippen molar-refractivity contribution >= 4 is 17.0 Å². The molecule has 132 valence electrons. The minimum Gasteiger partial charge on any atom is -0.306 e. The van der Waals surface area contributed by atoms with E-state index in [0.29, 0.717) is 12.1 Å². The summed E-state index contributed by atoms with van der Waals surface area (Å²) in [4.78, 5) is 11.8. The molecule has 25 heavy (non-hydrogen) atoms. The highest BCUT2D eigenvalue weighted by Gasteiger charge is 2.35. The van der Waals surface area contributed by atoms with Gasteiger partial charge in [-0.25, -0.2) is 9.69 Å². The smallest absolute Gasteiger partial charge is 0.250 e. The molecule has 0 aliphatic heterocycles. The Labute approximate surface area is 147 Å². The van der Waals surface area contributed by atoms with Crippen molar-refractivity contribution in [3.63, 3.8) is 0 Å². The van der Waals surface area contributed by atoms with E-state index >= 15 is 0 Å². The molecule has 2 atom stereocenters. The summed E-state index contributed by atoms with van der Waals surface area (Å²) in [5.74, 6) is -1.00. The highest BCUT2D eigenvalue weighted by molar-refractivity contribution is 7.79. The van der Waals surface area contributed by atoms with Crippen molar-refractivity contribution in [2.45, 2.75) is 19.9 Å². The van der Waals surface area contributed by atoms with Crippen molar-refractivity contribution < 1.29 is 18.8 Å². The lowest BCUT2D eigenvalue weighted by Crippen LogP contribution is -2.42. The standard InChI is InChI=1S/C16H18N4O4S/c1-16(11-25(23)24,15(21)19-22)6-7-20-10-14(9-18-20)13-4-2-12(8-17)3-5-13/h2-5,9-10,22H,6-7,11H2,1H3,(H,19,21)(H,23,24). The number of amides is 1. The fraction of sp³-hybridized carbons (Fsp3) is 0.312. The Morgan fingerprint density at radius 1 is 1.40 bits per heavy atom. The molecule has 0 fully saturated rings. The van der Waals surface area contributed by atoms with Gasteiger partial charge < -0.3 is 4.55 Å². The van der Waals surface area contributed by atoms with E-state index in [-0.39, 0.29) is 12.2 Å². The van der Waals surface area contributed by atoms with Crippen molar-refractivity contribution in [1.29, 1.82) is 5.26 Å². The molecule has 1 heterocycles. The van der Waals surface area contributed by atoms with Gasteiger partial charge in [0, 0.05) is 18.3 Å². The molecule has 0 aliphatic rings. The zero-order chi connectivity index (χ0) is 18.4. The highest BCUT2D eigenvalue weighted by atomic mass is 32.2. The number of nitriles is 1. The molecule has 1 amide bonds. The summed E-state index contributed by atoms with van der Waals surface area (Å²) >= 11 is -2.17. The third-order valence-electron chi connectivity index (χ3n) is 3.97. The van der Waals surface area contributed by atoms with Crippen LogP contribution in [0.25, 0.3) is 11.1 Å². The van der Waals surface area contributed by atoms with Gasteiger partial charge in [0.05, 0.1) is 29.0 Å². The fourth-order valence-electron chi connectivity index (χ4n) is 2.39. The molecule has 2 rings (SSSR count). The molecule has 2 aromatic rings. The molecule has 1 aromatic carbocycles. The van der Waals surface area contributed by atoms with Crippen LogP contribution in [-0.4, -0.2) is 35.4 Å². The van der Waals surface area contributed by atoms with Crippen LogP contribution >= 0.6 is 0 Å². The molecule has 0 radical (unpaired) electrons. The lowest BCUT2D eigenvalue weighted by molar-refractivity contribution is -0.138. The lowest BCUT2D eigenvalue weighted by Gasteiger charge is -2.25. The van der Waals surface area contributed by atoms with Gasteiger partial charge in [-0.05, 0) is 31.0 Å². The van der Waals surface area contributed by atoms with Crippen LogP contribution in [0.2, 0.25) is 0 Å². The van der Waals surface area contributed by atoms with E-state index in [1.54, 1.807) is 34.7 Å². The molecular weight excluding hydrogens is 344 g/mol. The molecule has 0 bridgehead atoms. The van der Waals surface area contributed by atoms with E-state index in [0.717, 1.165) is 11.1 Å². The number of hydrogen-bond acceptors (Lipinski definition) is 5. The number of carbonyl (C=O) groups is 1. The van der Waals surface area contributed by atoms with E-state index in [9.17, 15) is 9.00 Å². The van der Waals surface area contributed by atoms with Gasteiger partial charge in [-0.15, -0.1) is 0 Å². The van der Waals surface area contributed by atoms with Gasteiger partial charge in [0.1, 0.15) is 0 Å². The fourth-order valence-corrected chi connectivity index (χ4v) is 3.21. The van der Waals surface area contributed by atoms with Crippen LogP contribution < -0.4 is 5.48 Å². The summed E-state index contributed by atoms with van der Waals surface area (Å²) < 4.78 is 21.8. The zero-order valence-corrected chi connectivity index (χ0v) is 14.4. The second-order valence-electron chi connectivity index (χ2n) is 5.90. The summed E-state index contributed by atoms with van der Waals surface area (Å²) in [5.41, 5.74) is 2.67. The van der Waals surface area contributed by atoms with Crippen LogP contribution in [-0.2, 0) is 22.4 Å². The van der Waals surface area contributed by atoms with Gasteiger partial charge in [0.25, 0.3) is 0 Å². The highest BCUT2D eigenvalue weighted by Crippen LogP contribution is 2.25. The average Bonchev–Trinajstić information content (AvgIpc) is 3.08. The first-order valence-corrected chi connectivity index (χ1v) is 8.70. The Balaban J connectivity index is 2.10. The number of benzene rings is 1.